The molecule has 0 atom stereocenters. The topological polar surface area (TPSA) is 40.1 Å². The number of nitrogens with one attached hydrogen (secondary N) is 1. The third kappa shape index (κ3) is 6.20. The Labute approximate surface area is 150 Å². The Balaban J connectivity index is 1.69. The lowest BCUT2D eigenvalue weighted by Crippen LogP contribution is -2.47. The van der Waals surface area contributed by atoms with Crippen molar-refractivity contribution in [3.05, 3.63) is 30.1 Å². The largest absolute Gasteiger partial charge is 0.378 e. The molecule has 1 aromatic rings. The van der Waals surface area contributed by atoms with Gasteiger partial charge in [0.05, 0.1) is 6.10 Å². The van der Waals surface area contributed by atoms with Gasteiger partial charge in [-0.15, -0.1) is 0 Å². The number of ether oxygens (including phenoxy) is 1. The molecule has 5 nitrogen and oxygen atoms in total. The number of aliphatic imine (C=N–C) groups is 1. The molecule has 25 heavy (non-hydrogen) atoms. The lowest BCUT2D eigenvalue weighted by Gasteiger charge is -2.34. The number of halogens is 1. The first kappa shape index (κ1) is 19.5. The van der Waals surface area contributed by atoms with Crippen molar-refractivity contribution in [2.45, 2.75) is 32.3 Å². The number of benzene rings is 1. The van der Waals surface area contributed by atoms with Gasteiger partial charge in [0.25, 0.3) is 0 Å². The summed E-state index contributed by atoms with van der Waals surface area (Å²) < 4.78 is 19.0. The minimum atomic E-state index is -0.196. The second kappa shape index (κ2) is 10.2. The molecule has 1 saturated heterocycles. The van der Waals surface area contributed by atoms with Gasteiger partial charge in [0.1, 0.15) is 5.82 Å². The summed E-state index contributed by atoms with van der Waals surface area (Å²) in [5.74, 6) is 0.765. The second-order valence-electron chi connectivity index (χ2n) is 6.37. The average Bonchev–Trinajstić information content (AvgIpc) is 2.63. The fraction of sp³-hybridized carbons (Fsp3) is 0.632. The van der Waals surface area contributed by atoms with Crippen LogP contribution < -0.4 is 10.2 Å². The maximum Gasteiger partial charge on any atom is 0.193 e. The van der Waals surface area contributed by atoms with Crippen LogP contribution in [0.5, 0.6) is 0 Å². The number of hydrogen-bond acceptors (Lipinski definition) is 3. The van der Waals surface area contributed by atoms with Crippen LogP contribution in [0, 0.1) is 5.82 Å². The molecule has 1 heterocycles. The molecular weight excluding hydrogens is 319 g/mol. The summed E-state index contributed by atoms with van der Waals surface area (Å²) >= 11 is 0. The molecule has 0 amide bonds. The van der Waals surface area contributed by atoms with E-state index >= 15 is 0 Å². The summed E-state index contributed by atoms with van der Waals surface area (Å²) in [5, 5.41) is 3.44. The highest BCUT2D eigenvalue weighted by Gasteiger charge is 2.21. The van der Waals surface area contributed by atoms with E-state index < -0.39 is 0 Å². The van der Waals surface area contributed by atoms with Gasteiger partial charge in [0.15, 0.2) is 5.96 Å². The highest BCUT2D eigenvalue weighted by molar-refractivity contribution is 5.79. The van der Waals surface area contributed by atoms with E-state index in [0.717, 1.165) is 63.7 Å². The Morgan fingerprint density at radius 3 is 2.80 bits per heavy atom. The van der Waals surface area contributed by atoms with Crippen molar-refractivity contribution in [3.63, 3.8) is 0 Å². The van der Waals surface area contributed by atoms with Crippen LogP contribution in [0.25, 0.3) is 0 Å². The Morgan fingerprint density at radius 2 is 2.16 bits per heavy atom. The van der Waals surface area contributed by atoms with E-state index in [1.807, 2.05) is 27.1 Å². The zero-order valence-corrected chi connectivity index (χ0v) is 15.7. The number of anilines is 1. The van der Waals surface area contributed by atoms with E-state index in [-0.39, 0.29) is 5.82 Å². The number of hydrogen-bond donors (Lipinski definition) is 1. The number of likely N-dealkylation sites (tertiary alicyclic amines) is 1. The van der Waals surface area contributed by atoms with E-state index in [9.17, 15) is 4.39 Å². The van der Waals surface area contributed by atoms with Crippen molar-refractivity contribution in [2.24, 2.45) is 4.99 Å². The molecule has 0 aliphatic carbocycles. The Kier molecular flexibility index (Phi) is 7.98. The van der Waals surface area contributed by atoms with Crippen LogP contribution in [0.3, 0.4) is 0 Å². The predicted octanol–water partition coefficient (Wildman–Crippen LogP) is 2.73. The van der Waals surface area contributed by atoms with E-state index in [0.29, 0.717) is 6.10 Å². The van der Waals surface area contributed by atoms with Crippen LogP contribution in [-0.4, -0.2) is 63.8 Å². The van der Waals surface area contributed by atoms with Crippen LogP contribution in [0.2, 0.25) is 0 Å². The Morgan fingerprint density at radius 1 is 1.40 bits per heavy atom. The molecule has 1 aromatic carbocycles. The minimum Gasteiger partial charge on any atom is -0.378 e. The molecule has 1 aliphatic heterocycles. The van der Waals surface area contributed by atoms with Gasteiger partial charge in [-0.05, 0) is 44.4 Å². The average molecular weight is 350 g/mol. The highest BCUT2D eigenvalue weighted by atomic mass is 19.1. The summed E-state index contributed by atoms with van der Waals surface area (Å²) in [4.78, 5) is 8.76. The van der Waals surface area contributed by atoms with Crippen molar-refractivity contribution in [1.82, 2.24) is 10.2 Å². The molecule has 0 radical (unpaired) electrons. The van der Waals surface area contributed by atoms with Gasteiger partial charge in [0.2, 0.25) is 0 Å². The summed E-state index contributed by atoms with van der Waals surface area (Å²) in [6, 6.07) is 6.71. The Bertz CT molecular complexity index is 544. The fourth-order valence-electron chi connectivity index (χ4n) is 3.16. The van der Waals surface area contributed by atoms with Gasteiger partial charge in [-0.2, -0.15) is 0 Å². The van der Waals surface area contributed by atoms with Crippen LogP contribution in [0.15, 0.2) is 29.3 Å². The first-order chi connectivity index (χ1) is 12.1. The standard InChI is InChI=1S/C19H31FN4O/c1-4-25-18-9-13-24(14-10-18)19(21-2)22-11-6-12-23(3)17-8-5-7-16(20)15-17/h5,7-8,15,18H,4,6,9-14H2,1-3H3,(H,21,22). The lowest BCUT2D eigenvalue weighted by atomic mass is 10.1. The maximum atomic E-state index is 13.3. The zero-order chi connectivity index (χ0) is 18.1. The Hall–Kier alpha value is -1.82. The molecule has 1 N–H and O–H groups in total. The fourth-order valence-corrected chi connectivity index (χ4v) is 3.16. The number of nitrogens with zero attached hydrogens (tertiary/aromatic N) is 3. The van der Waals surface area contributed by atoms with E-state index in [1.165, 1.54) is 6.07 Å². The van der Waals surface area contributed by atoms with Crippen molar-refractivity contribution in [3.8, 4) is 0 Å². The molecule has 1 aliphatic rings. The van der Waals surface area contributed by atoms with Crippen molar-refractivity contribution in [2.75, 3.05) is 51.8 Å². The quantitative estimate of drug-likeness (QED) is 0.466. The molecule has 0 aromatic heterocycles. The third-order valence-electron chi connectivity index (χ3n) is 4.56. The number of rotatable bonds is 7. The number of guanidine groups is 1. The molecule has 2 rings (SSSR count). The van der Waals surface area contributed by atoms with E-state index in [1.54, 1.807) is 12.1 Å². The molecule has 0 spiro atoms. The van der Waals surface area contributed by atoms with Crippen molar-refractivity contribution >= 4 is 11.6 Å². The smallest absolute Gasteiger partial charge is 0.193 e. The van der Waals surface area contributed by atoms with Gasteiger partial charge in [-0.1, -0.05) is 6.07 Å². The van der Waals surface area contributed by atoms with Crippen molar-refractivity contribution in [1.29, 1.82) is 0 Å². The van der Waals surface area contributed by atoms with Gasteiger partial charge >= 0.3 is 0 Å². The molecule has 6 heteroatoms. The van der Waals surface area contributed by atoms with Gasteiger partial charge in [-0.25, -0.2) is 4.39 Å². The molecule has 140 valence electrons. The first-order valence-electron chi connectivity index (χ1n) is 9.18. The van der Waals surface area contributed by atoms with Crippen LogP contribution in [-0.2, 0) is 4.74 Å². The molecule has 0 saturated carbocycles. The van der Waals surface area contributed by atoms with E-state index in [4.69, 9.17) is 4.74 Å². The monoisotopic (exact) mass is 350 g/mol. The zero-order valence-electron chi connectivity index (χ0n) is 15.7. The number of piperidine rings is 1. The van der Waals surface area contributed by atoms with Gasteiger partial charge in [0, 0.05) is 52.6 Å². The molecular formula is C19H31FN4O. The third-order valence-corrected chi connectivity index (χ3v) is 4.56. The van der Waals surface area contributed by atoms with Gasteiger partial charge in [-0.3, -0.25) is 4.99 Å². The lowest BCUT2D eigenvalue weighted by molar-refractivity contribution is 0.0264. The molecule has 1 fully saturated rings. The summed E-state index contributed by atoms with van der Waals surface area (Å²) in [7, 11) is 3.82. The molecule has 0 unspecified atom stereocenters. The maximum absolute atomic E-state index is 13.3. The van der Waals surface area contributed by atoms with Crippen molar-refractivity contribution < 1.29 is 9.13 Å². The van der Waals surface area contributed by atoms with Crippen LogP contribution in [0.1, 0.15) is 26.2 Å². The summed E-state index contributed by atoms with van der Waals surface area (Å²) in [6.07, 6.45) is 3.45. The van der Waals surface area contributed by atoms with Gasteiger partial charge < -0.3 is 19.9 Å². The molecule has 0 bridgehead atoms. The van der Waals surface area contributed by atoms with Crippen LogP contribution in [0.4, 0.5) is 10.1 Å². The highest BCUT2D eigenvalue weighted by Crippen LogP contribution is 2.15. The SMILES string of the molecule is CCOC1CCN(C(=NC)NCCCN(C)c2cccc(F)c2)CC1. The first-order valence-corrected chi connectivity index (χ1v) is 9.18. The second-order valence-corrected chi connectivity index (χ2v) is 6.37. The van der Waals surface area contributed by atoms with Crippen LogP contribution >= 0.6 is 0 Å². The summed E-state index contributed by atoms with van der Waals surface area (Å²) in [5.41, 5.74) is 0.905. The summed E-state index contributed by atoms with van der Waals surface area (Å²) in [6.45, 7) is 6.50. The predicted molar refractivity (Wildman–Crippen MR) is 102 cm³/mol. The normalized spacial score (nSPS) is 16.2. The minimum absolute atomic E-state index is 0.196. The van der Waals surface area contributed by atoms with E-state index in [2.05, 4.69) is 20.1 Å².